The highest BCUT2D eigenvalue weighted by molar-refractivity contribution is 5.98. The third-order valence-electron chi connectivity index (χ3n) is 6.19. The number of amides is 1. The van der Waals surface area contributed by atoms with Crippen LogP contribution in [-0.4, -0.2) is 47.0 Å². The van der Waals surface area contributed by atoms with Crippen molar-refractivity contribution in [2.75, 3.05) is 26.7 Å². The Hall–Kier alpha value is -2.66. The molecule has 2 heterocycles. The second-order valence-corrected chi connectivity index (χ2v) is 8.35. The van der Waals surface area contributed by atoms with E-state index in [0.717, 1.165) is 50.1 Å². The van der Waals surface area contributed by atoms with E-state index < -0.39 is 0 Å². The Balaban J connectivity index is 1.36. The van der Waals surface area contributed by atoms with Gasteiger partial charge in [-0.2, -0.15) is 0 Å². The molecule has 0 bridgehead atoms. The zero-order valence-corrected chi connectivity index (χ0v) is 17.3. The fourth-order valence-electron chi connectivity index (χ4n) is 4.51. The van der Waals surface area contributed by atoms with E-state index in [2.05, 4.69) is 35.2 Å². The van der Waals surface area contributed by atoms with Gasteiger partial charge < -0.3 is 9.47 Å². The first kappa shape index (κ1) is 19.6. The fourth-order valence-corrected chi connectivity index (χ4v) is 4.51. The summed E-state index contributed by atoms with van der Waals surface area (Å²) in [5.74, 6) is 0.530. The first-order valence-corrected chi connectivity index (χ1v) is 10.4. The number of aromatic nitrogens is 1. The number of fused-ring (bicyclic) bond motifs is 1. The molecule has 0 saturated carbocycles. The highest BCUT2D eigenvalue weighted by Gasteiger charge is 2.25. The van der Waals surface area contributed by atoms with Crippen molar-refractivity contribution in [3.63, 3.8) is 0 Å². The summed E-state index contributed by atoms with van der Waals surface area (Å²) < 4.78 is 1.54. The monoisotopic (exact) mass is 391 g/mol. The van der Waals surface area contributed by atoms with Gasteiger partial charge in [0.15, 0.2) is 0 Å². The topological polar surface area (TPSA) is 45.5 Å². The number of pyridine rings is 1. The molecule has 0 atom stereocenters. The number of likely N-dealkylation sites (tertiary alicyclic amines) is 1. The van der Waals surface area contributed by atoms with Gasteiger partial charge in [0.2, 0.25) is 0 Å². The molecular formula is C24H29N3O2. The van der Waals surface area contributed by atoms with Crippen LogP contribution in [0.2, 0.25) is 0 Å². The van der Waals surface area contributed by atoms with Crippen LogP contribution in [0.1, 0.15) is 39.9 Å². The SMILES string of the molecule is CN(CC1CCN(Cc2ccccc2)CC1)C(=O)c1cn(C)c(=O)c2c1C=CC2. The maximum absolute atomic E-state index is 13.1. The highest BCUT2D eigenvalue weighted by atomic mass is 16.2. The number of aryl methyl sites for hydroxylation is 1. The minimum atomic E-state index is -0.00464. The molecule has 2 aromatic rings. The number of hydrogen-bond donors (Lipinski definition) is 0. The van der Waals surface area contributed by atoms with E-state index in [-0.39, 0.29) is 11.5 Å². The van der Waals surface area contributed by atoms with Crippen LogP contribution in [-0.2, 0) is 20.0 Å². The van der Waals surface area contributed by atoms with Gasteiger partial charge in [-0.3, -0.25) is 14.5 Å². The molecule has 0 radical (unpaired) electrons. The predicted molar refractivity (Wildman–Crippen MR) is 116 cm³/mol. The van der Waals surface area contributed by atoms with Crippen LogP contribution in [0.15, 0.2) is 47.4 Å². The van der Waals surface area contributed by atoms with Gasteiger partial charge in [-0.15, -0.1) is 0 Å². The Morgan fingerprint density at radius 2 is 1.90 bits per heavy atom. The van der Waals surface area contributed by atoms with Crippen LogP contribution in [0.4, 0.5) is 0 Å². The first-order chi connectivity index (χ1) is 14.0. The summed E-state index contributed by atoms with van der Waals surface area (Å²) in [6.07, 6.45) is 8.40. The van der Waals surface area contributed by atoms with E-state index in [0.29, 0.717) is 17.9 Å². The Labute approximate surface area is 172 Å². The molecule has 1 aliphatic carbocycles. The lowest BCUT2D eigenvalue weighted by Gasteiger charge is -2.34. The minimum absolute atomic E-state index is 0.00464. The number of carbonyl (C=O) groups excluding carboxylic acids is 1. The third kappa shape index (κ3) is 4.20. The standard InChI is InChI=1S/C24H29N3O2/c1-25(24(29)22-17-26(2)23(28)21-10-6-9-20(21)22)15-19-11-13-27(14-12-19)16-18-7-4-3-5-8-18/h3-9,17,19H,10-16H2,1-2H3. The molecule has 1 fully saturated rings. The maximum atomic E-state index is 13.1. The zero-order chi connectivity index (χ0) is 20.4. The van der Waals surface area contributed by atoms with Gasteiger partial charge in [0.25, 0.3) is 11.5 Å². The van der Waals surface area contributed by atoms with Crippen molar-refractivity contribution in [3.8, 4) is 0 Å². The van der Waals surface area contributed by atoms with Gasteiger partial charge in [-0.25, -0.2) is 0 Å². The van der Waals surface area contributed by atoms with Gasteiger partial charge in [0, 0.05) is 38.9 Å². The van der Waals surface area contributed by atoms with Crippen molar-refractivity contribution >= 4 is 12.0 Å². The Morgan fingerprint density at radius 1 is 1.17 bits per heavy atom. The van der Waals surface area contributed by atoms with Crippen molar-refractivity contribution in [3.05, 3.63) is 75.2 Å². The van der Waals surface area contributed by atoms with Crippen LogP contribution in [0.25, 0.3) is 6.08 Å². The largest absolute Gasteiger partial charge is 0.341 e. The number of piperidine rings is 1. The summed E-state index contributed by atoms with van der Waals surface area (Å²) in [6, 6.07) is 10.6. The fraction of sp³-hybridized carbons (Fsp3) is 0.417. The Kier molecular flexibility index (Phi) is 5.67. The molecule has 1 amide bonds. The molecule has 1 aromatic carbocycles. The number of carbonyl (C=O) groups is 1. The molecule has 29 heavy (non-hydrogen) atoms. The maximum Gasteiger partial charge on any atom is 0.255 e. The summed E-state index contributed by atoms with van der Waals surface area (Å²) in [7, 11) is 3.61. The zero-order valence-electron chi connectivity index (χ0n) is 17.3. The number of hydrogen-bond acceptors (Lipinski definition) is 3. The quantitative estimate of drug-likeness (QED) is 0.787. The molecule has 2 aliphatic rings. The van der Waals surface area contributed by atoms with E-state index in [1.165, 1.54) is 10.1 Å². The summed E-state index contributed by atoms with van der Waals surface area (Å²) in [5.41, 5.74) is 3.54. The Bertz CT molecular complexity index is 970. The van der Waals surface area contributed by atoms with E-state index >= 15 is 0 Å². The first-order valence-electron chi connectivity index (χ1n) is 10.4. The van der Waals surface area contributed by atoms with Gasteiger partial charge in [-0.1, -0.05) is 42.5 Å². The molecule has 0 unspecified atom stereocenters. The molecule has 1 aromatic heterocycles. The van der Waals surface area contributed by atoms with Crippen molar-refractivity contribution in [2.45, 2.75) is 25.8 Å². The average Bonchev–Trinajstić information content (AvgIpc) is 3.22. The van der Waals surface area contributed by atoms with E-state index in [1.54, 1.807) is 13.2 Å². The number of benzene rings is 1. The van der Waals surface area contributed by atoms with Crippen molar-refractivity contribution in [2.24, 2.45) is 13.0 Å². The molecule has 1 saturated heterocycles. The summed E-state index contributed by atoms with van der Waals surface area (Å²) in [4.78, 5) is 29.7. The van der Waals surface area contributed by atoms with Gasteiger partial charge >= 0.3 is 0 Å². The van der Waals surface area contributed by atoms with Gasteiger partial charge in [0.1, 0.15) is 0 Å². The molecule has 5 nitrogen and oxygen atoms in total. The summed E-state index contributed by atoms with van der Waals surface area (Å²) in [5, 5.41) is 0. The molecule has 4 rings (SSSR count). The molecule has 0 N–H and O–H groups in total. The predicted octanol–water partition coefficient (Wildman–Crippen LogP) is 2.94. The van der Waals surface area contributed by atoms with E-state index in [4.69, 9.17) is 0 Å². The lowest BCUT2D eigenvalue weighted by atomic mass is 9.95. The minimum Gasteiger partial charge on any atom is -0.341 e. The number of nitrogens with zero attached hydrogens (tertiary/aromatic N) is 3. The molecular weight excluding hydrogens is 362 g/mol. The van der Waals surface area contributed by atoms with Crippen LogP contribution >= 0.6 is 0 Å². The van der Waals surface area contributed by atoms with Crippen LogP contribution in [0, 0.1) is 5.92 Å². The lowest BCUT2D eigenvalue weighted by Crippen LogP contribution is -2.39. The molecule has 1 aliphatic heterocycles. The molecule has 0 spiro atoms. The van der Waals surface area contributed by atoms with Crippen LogP contribution < -0.4 is 5.56 Å². The summed E-state index contributed by atoms with van der Waals surface area (Å²) in [6.45, 7) is 3.90. The smallest absolute Gasteiger partial charge is 0.255 e. The third-order valence-corrected chi connectivity index (χ3v) is 6.19. The number of rotatable bonds is 5. The summed E-state index contributed by atoms with van der Waals surface area (Å²) >= 11 is 0. The highest BCUT2D eigenvalue weighted by Crippen LogP contribution is 2.24. The molecule has 152 valence electrons. The average molecular weight is 392 g/mol. The van der Waals surface area contributed by atoms with Crippen molar-refractivity contribution in [1.29, 1.82) is 0 Å². The van der Waals surface area contributed by atoms with E-state index in [9.17, 15) is 9.59 Å². The van der Waals surface area contributed by atoms with Crippen molar-refractivity contribution in [1.82, 2.24) is 14.4 Å². The second-order valence-electron chi connectivity index (χ2n) is 8.35. The normalized spacial score (nSPS) is 16.8. The Morgan fingerprint density at radius 3 is 2.62 bits per heavy atom. The van der Waals surface area contributed by atoms with Crippen molar-refractivity contribution < 1.29 is 4.79 Å². The van der Waals surface area contributed by atoms with Gasteiger partial charge in [-0.05, 0) is 49.4 Å². The van der Waals surface area contributed by atoms with Gasteiger partial charge in [0.05, 0.1) is 5.56 Å². The lowest BCUT2D eigenvalue weighted by molar-refractivity contribution is 0.0736. The molecule has 5 heteroatoms. The van der Waals surface area contributed by atoms with E-state index in [1.807, 2.05) is 24.1 Å². The van der Waals surface area contributed by atoms with Crippen LogP contribution in [0.3, 0.4) is 0 Å². The van der Waals surface area contributed by atoms with Crippen LogP contribution in [0.5, 0.6) is 0 Å². The second kappa shape index (κ2) is 8.37. The number of allylic oxidation sites excluding steroid dienone is 1.